The normalized spacial score (nSPS) is 17.5. The zero-order valence-corrected chi connectivity index (χ0v) is 13.7. The standard InChI is InChI=1S/C15H17N5S2/c1-2-13(21-5-1)15-18-12(9-22-15)7-16-6-11-3-4-14-19-17-10-20(14)8-11/h1-2,5,9-11,16H,3-4,6-8H2/t11-/m0/s1. The van der Waals surface area contributed by atoms with E-state index >= 15 is 0 Å². The summed E-state index contributed by atoms with van der Waals surface area (Å²) >= 11 is 3.47. The van der Waals surface area contributed by atoms with Gasteiger partial charge in [0, 0.05) is 31.4 Å². The number of fused-ring (bicyclic) bond motifs is 1. The van der Waals surface area contributed by atoms with Gasteiger partial charge in [0.15, 0.2) is 0 Å². The molecule has 0 spiro atoms. The third-order valence-corrected chi connectivity index (χ3v) is 5.88. The van der Waals surface area contributed by atoms with Gasteiger partial charge in [-0.1, -0.05) is 6.07 Å². The van der Waals surface area contributed by atoms with Crippen LogP contribution in [0.4, 0.5) is 0 Å². The number of thiazole rings is 1. The maximum atomic E-state index is 4.70. The van der Waals surface area contributed by atoms with Crippen molar-refractivity contribution >= 4 is 22.7 Å². The van der Waals surface area contributed by atoms with Gasteiger partial charge in [-0.05, 0) is 23.8 Å². The number of hydrogen-bond donors (Lipinski definition) is 1. The summed E-state index contributed by atoms with van der Waals surface area (Å²) in [5.74, 6) is 1.77. The number of thiophene rings is 1. The molecule has 114 valence electrons. The van der Waals surface area contributed by atoms with Crippen molar-refractivity contribution in [2.45, 2.75) is 25.9 Å². The van der Waals surface area contributed by atoms with E-state index in [1.807, 2.05) is 6.33 Å². The summed E-state index contributed by atoms with van der Waals surface area (Å²) in [7, 11) is 0. The van der Waals surface area contributed by atoms with Crippen molar-refractivity contribution in [3.8, 4) is 9.88 Å². The molecule has 0 unspecified atom stereocenters. The summed E-state index contributed by atoms with van der Waals surface area (Å²) in [4.78, 5) is 5.96. The molecule has 0 amide bonds. The highest BCUT2D eigenvalue weighted by Gasteiger charge is 2.19. The highest BCUT2D eigenvalue weighted by molar-refractivity contribution is 7.20. The second-order valence-electron chi connectivity index (χ2n) is 5.56. The Morgan fingerprint density at radius 3 is 3.27 bits per heavy atom. The van der Waals surface area contributed by atoms with E-state index in [-0.39, 0.29) is 0 Å². The van der Waals surface area contributed by atoms with E-state index in [1.165, 1.54) is 11.3 Å². The van der Waals surface area contributed by atoms with E-state index in [0.29, 0.717) is 5.92 Å². The van der Waals surface area contributed by atoms with Gasteiger partial charge in [-0.25, -0.2) is 4.98 Å². The molecule has 1 N–H and O–H groups in total. The molecule has 0 aromatic carbocycles. The van der Waals surface area contributed by atoms with Gasteiger partial charge in [0.1, 0.15) is 17.2 Å². The van der Waals surface area contributed by atoms with Gasteiger partial charge in [0.2, 0.25) is 0 Å². The van der Waals surface area contributed by atoms with Crippen molar-refractivity contribution in [1.29, 1.82) is 0 Å². The summed E-state index contributed by atoms with van der Waals surface area (Å²) in [6.07, 6.45) is 4.06. The van der Waals surface area contributed by atoms with E-state index in [4.69, 9.17) is 4.98 Å². The topological polar surface area (TPSA) is 55.6 Å². The molecule has 22 heavy (non-hydrogen) atoms. The summed E-state index contributed by atoms with van der Waals surface area (Å²) < 4.78 is 2.17. The Kier molecular flexibility index (Phi) is 4.01. The van der Waals surface area contributed by atoms with Crippen LogP contribution in [0.25, 0.3) is 9.88 Å². The lowest BCUT2D eigenvalue weighted by molar-refractivity contribution is 0.347. The van der Waals surface area contributed by atoms with Gasteiger partial charge >= 0.3 is 0 Å². The fourth-order valence-corrected chi connectivity index (χ4v) is 4.43. The minimum Gasteiger partial charge on any atom is -0.317 e. The van der Waals surface area contributed by atoms with E-state index < -0.39 is 0 Å². The minimum atomic E-state index is 0.652. The molecule has 0 saturated heterocycles. The quantitative estimate of drug-likeness (QED) is 0.781. The van der Waals surface area contributed by atoms with E-state index in [1.54, 1.807) is 22.7 Å². The number of rotatable bonds is 5. The zero-order chi connectivity index (χ0) is 14.8. The molecule has 3 aromatic heterocycles. The predicted molar refractivity (Wildman–Crippen MR) is 89.0 cm³/mol. The second kappa shape index (κ2) is 6.28. The monoisotopic (exact) mass is 331 g/mol. The highest BCUT2D eigenvalue weighted by atomic mass is 32.1. The molecule has 4 heterocycles. The molecule has 0 saturated carbocycles. The van der Waals surface area contributed by atoms with Gasteiger partial charge in [0.25, 0.3) is 0 Å². The van der Waals surface area contributed by atoms with E-state index in [0.717, 1.165) is 42.6 Å². The fraction of sp³-hybridized carbons (Fsp3) is 0.400. The van der Waals surface area contributed by atoms with E-state index in [2.05, 4.69) is 43.0 Å². The number of aromatic nitrogens is 4. The Hall–Kier alpha value is -1.57. The van der Waals surface area contributed by atoms with Gasteiger partial charge in [-0.2, -0.15) is 0 Å². The van der Waals surface area contributed by atoms with Gasteiger partial charge in [-0.3, -0.25) is 0 Å². The SMILES string of the molecule is c1csc(-c2nc(CNC[C@@H]3CCc4nncn4C3)cs2)c1. The summed E-state index contributed by atoms with van der Waals surface area (Å²) in [6, 6.07) is 4.20. The van der Waals surface area contributed by atoms with Crippen LogP contribution in [0.15, 0.2) is 29.2 Å². The predicted octanol–water partition coefficient (Wildman–Crippen LogP) is 2.82. The van der Waals surface area contributed by atoms with Crippen LogP contribution in [0.2, 0.25) is 0 Å². The molecule has 1 aliphatic rings. The fourth-order valence-electron chi connectivity index (χ4n) is 2.80. The van der Waals surface area contributed by atoms with Gasteiger partial charge < -0.3 is 9.88 Å². The maximum absolute atomic E-state index is 4.70. The maximum Gasteiger partial charge on any atom is 0.133 e. The van der Waals surface area contributed by atoms with Crippen molar-refractivity contribution in [3.63, 3.8) is 0 Å². The Morgan fingerprint density at radius 1 is 1.36 bits per heavy atom. The molecular weight excluding hydrogens is 314 g/mol. The molecule has 5 nitrogen and oxygen atoms in total. The number of nitrogens with one attached hydrogen (secondary N) is 1. The van der Waals surface area contributed by atoms with Crippen LogP contribution in [0.1, 0.15) is 17.9 Å². The first kappa shape index (κ1) is 14.0. The van der Waals surface area contributed by atoms with Crippen molar-refractivity contribution in [3.05, 3.63) is 40.7 Å². The van der Waals surface area contributed by atoms with Crippen LogP contribution in [0.3, 0.4) is 0 Å². The average Bonchev–Trinajstić information content (AvgIpc) is 3.28. The third-order valence-electron chi connectivity index (χ3n) is 3.95. The first-order valence-corrected chi connectivity index (χ1v) is 9.20. The van der Waals surface area contributed by atoms with Crippen molar-refractivity contribution < 1.29 is 0 Å². The molecule has 7 heteroatoms. The Balaban J connectivity index is 1.29. The van der Waals surface area contributed by atoms with Crippen molar-refractivity contribution in [2.24, 2.45) is 5.92 Å². The molecule has 0 fully saturated rings. The second-order valence-corrected chi connectivity index (χ2v) is 7.36. The van der Waals surface area contributed by atoms with Crippen molar-refractivity contribution in [1.82, 2.24) is 25.1 Å². The average molecular weight is 331 g/mol. The first-order chi connectivity index (χ1) is 10.9. The van der Waals surface area contributed by atoms with E-state index in [9.17, 15) is 0 Å². The Bertz CT molecular complexity index is 731. The van der Waals surface area contributed by atoms with Gasteiger partial charge in [-0.15, -0.1) is 32.9 Å². The smallest absolute Gasteiger partial charge is 0.133 e. The third kappa shape index (κ3) is 2.97. The molecule has 0 radical (unpaired) electrons. The highest BCUT2D eigenvalue weighted by Crippen LogP contribution is 2.27. The molecule has 1 atom stereocenters. The van der Waals surface area contributed by atoms with Crippen LogP contribution in [-0.2, 0) is 19.5 Å². The largest absolute Gasteiger partial charge is 0.317 e. The van der Waals surface area contributed by atoms with Crippen LogP contribution in [0, 0.1) is 5.92 Å². The Morgan fingerprint density at radius 2 is 2.36 bits per heavy atom. The lowest BCUT2D eigenvalue weighted by Gasteiger charge is -2.23. The first-order valence-electron chi connectivity index (χ1n) is 7.44. The van der Waals surface area contributed by atoms with Crippen LogP contribution < -0.4 is 5.32 Å². The number of aryl methyl sites for hydroxylation is 1. The van der Waals surface area contributed by atoms with Crippen LogP contribution in [0.5, 0.6) is 0 Å². The van der Waals surface area contributed by atoms with Crippen molar-refractivity contribution in [2.75, 3.05) is 6.54 Å². The summed E-state index contributed by atoms with van der Waals surface area (Å²) in [6.45, 7) is 2.88. The molecule has 0 bridgehead atoms. The van der Waals surface area contributed by atoms with Gasteiger partial charge in [0.05, 0.1) is 10.6 Å². The minimum absolute atomic E-state index is 0.652. The molecular formula is C15H17N5S2. The lowest BCUT2D eigenvalue weighted by Crippen LogP contribution is -2.29. The molecule has 1 aliphatic heterocycles. The molecule has 3 aromatic rings. The van der Waals surface area contributed by atoms with Crippen LogP contribution >= 0.6 is 22.7 Å². The lowest BCUT2D eigenvalue weighted by atomic mass is 9.99. The van der Waals surface area contributed by atoms with Crippen LogP contribution in [-0.4, -0.2) is 26.3 Å². The number of hydrogen-bond acceptors (Lipinski definition) is 6. The molecule has 4 rings (SSSR count). The number of nitrogens with zero attached hydrogens (tertiary/aromatic N) is 4. The molecule has 0 aliphatic carbocycles. The summed E-state index contributed by atoms with van der Waals surface area (Å²) in [5.41, 5.74) is 1.13. The Labute approximate surface area is 137 Å². The zero-order valence-electron chi connectivity index (χ0n) is 12.1. The summed E-state index contributed by atoms with van der Waals surface area (Å²) in [5, 5.41) is 17.0.